The summed E-state index contributed by atoms with van der Waals surface area (Å²) in [5.74, 6) is -0.230. The molecule has 0 fully saturated rings. The van der Waals surface area contributed by atoms with Crippen LogP contribution in [0.4, 0.5) is 8.78 Å². The van der Waals surface area contributed by atoms with E-state index in [9.17, 15) is 22.0 Å². The molecule has 0 radical (unpaired) electrons. The third kappa shape index (κ3) is 6.16. The largest absolute Gasteiger partial charge is 0.493 e. The van der Waals surface area contributed by atoms with E-state index in [1.54, 1.807) is 34.9 Å². The minimum Gasteiger partial charge on any atom is -0.493 e. The number of hydrogen-bond acceptors (Lipinski definition) is 6. The highest BCUT2D eigenvalue weighted by Crippen LogP contribution is 2.29. The summed E-state index contributed by atoms with van der Waals surface area (Å²) in [6, 6.07) is 11.7. The molecule has 3 rings (SSSR count). The van der Waals surface area contributed by atoms with Gasteiger partial charge in [0, 0.05) is 12.8 Å². The average molecular weight is 467 g/mol. The number of nitrogens with zero attached hydrogens (tertiary/aromatic N) is 2. The summed E-state index contributed by atoms with van der Waals surface area (Å²) in [6.45, 7) is -2.84. The summed E-state index contributed by atoms with van der Waals surface area (Å²) in [5.41, 5.74) is 1.93. The standard InChI is InChI=1S/C21H23F2N3O5S/c1-30-17-8-7-14(11-18(17)31-21(22)23)9-10-24-20(27)12-26-16-6-4-3-5-15(16)25-19(26)13-32(2,28)29/h3-8,11,21H,9-10,12-13H2,1-2H3,(H,24,27). The molecule has 0 atom stereocenters. The normalized spacial score (nSPS) is 11.7. The van der Waals surface area contributed by atoms with E-state index in [4.69, 9.17) is 4.74 Å². The van der Waals surface area contributed by atoms with Crippen LogP contribution in [0.2, 0.25) is 0 Å². The zero-order valence-corrected chi connectivity index (χ0v) is 18.4. The van der Waals surface area contributed by atoms with Gasteiger partial charge in [0.2, 0.25) is 5.91 Å². The van der Waals surface area contributed by atoms with Crippen LogP contribution in [0.5, 0.6) is 11.5 Å². The van der Waals surface area contributed by atoms with Gasteiger partial charge >= 0.3 is 6.61 Å². The Balaban J connectivity index is 1.67. The lowest BCUT2D eigenvalue weighted by molar-refractivity contribution is -0.121. The van der Waals surface area contributed by atoms with Crippen LogP contribution in [0, 0.1) is 0 Å². The van der Waals surface area contributed by atoms with Crippen LogP contribution in [-0.2, 0) is 33.4 Å². The Hall–Kier alpha value is -3.21. The lowest BCUT2D eigenvalue weighted by Crippen LogP contribution is -2.30. The molecule has 3 aromatic rings. The molecule has 32 heavy (non-hydrogen) atoms. The molecule has 0 saturated heterocycles. The number of carbonyl (C=O) groups excluding carboxylic acids is 1. The molecule has 0 aliphatic heterocycles. The maximum absolute atomic E-state index is 12.6. The minimum absolute atomic E-state index is 0.0818. The quantitative estimate of drug-likeness (QED) is 0.492. The van der Waals surface area contributed by atoms with Gasteiger partial charge in [0.15, 0.2) is 21.3 Å². The minimum atomic E-state index is -3.35. The number of rotatable bonds is 10. The number of fused-ring (bicyclic) bond motifs is 1. The smallest absolute Gasteiger partial charge is 0.387 e. The molecule has 0 unspecified atom stereocenters. The first kappa shape index (κ1) is 23.5. The van der Waals surface area contributed by atoms with E-state index < -0.39 is 16.4 Å². The van der Waals surface area contributed by atoms with Crippen LogP contribution in [0.15, 0.2) is 42.5 Å². The van der Waals surface area contributed by atoms with Crippen molar-refractivity contribution in [1.29, 1.82) is 0 Å². The molecule has 1 aromatic heterocycles. The lowest BCUT2D eigenvalue weighted by atomic mass is 10.1. The van der Waals surface area contributed by atoms with Gasteiger partial charge in [-0.25, -0.2) is 13.4 Å². The number of aromatic nitrogens is 2. The molecule has 8 nitrogen and oxygen atoms in total. The van der Waals surface area contributed by atoms with E-state index in [-0.39, 0.29) is 42.1 Å². The number of hydrogen-bond donors (Lipinski definition) is 1. The number of carbonyl (C=O) groups is 1. The summed E-state index contributed by atoms with van der Waals surface area (Å²) in [5, 5.41) is 2.76. The predicted molar refractivity (Wildman–Crippen MR) is 115 cm³/mol. The van der Waals surface area contributed by atoms with E-state index in [2.05, 4.69) is 15.0 Å². The van der Waals surface area contributed by atoms with Crippen LogP contribution >= 0.6 is 0 Å². The lowest BCUT2D eigenvalue weighted by Gasteiger charge is -2.12. The maximum Gasteiger partial charge on any atom is 0.387 e. The van der Waals surface area contributed by atoms with Gasteiger partial charge in [-0.15, -0.1) is 0 Å². The van der Waals surface area contributed by atoms with Crippen molar-refractivity contribution < 1.29 is 31.5 Å². The highest BCUT2D eigenvalue weighted by Gasteiger charge is 2.17. The zero-order valence-electron chi connectivity index (χ0n) is 17.5. The van der Waals surface area contributed by atoms with Gasteiger partial charge in [-0.2, -0.15) is 8.78 Å². The number of sulfone groups is 1. The number of amides is 1. The van der Waals surface area contributed by atoms with E-state index in [1.165, 1.54) is 19.2 Å². The highest BCUT2D eigenvalue weighted by molar-refractivity contribution is 7.89. The molecule has 0 aliphatic carbocycles. The topological polar surface area (TPSA) is 99.5 Å². The number of imidazole rings is 1. The third-order valence-electron chi connectivity index (χ3n) is 4.61. The van der Waals surface area contributed by atoms with Crippen molar-refractivity contribution in [2.45, 2.75) is 25.3 Å². The number of ether oxygens (including phenoxy) is 2. The van der Waals surface area contributed by atoms with Gasteiger partial charge in [-0.05, 0) is 36.2 Å². The molecule has 172 valence electrons. The molecule has 1 N–H and O–H groups in total. The second kappa shape index (κ2) is 9.94. The Bertz CT molecular complexity index is 1210. The fraction of sp³-hybridized carbons (Fsp3) is 0.333. The van der Waals surface area contributed by atoms with E-state index >= 15 is 0 Å². The molecule has 1 amide bonds. The van der Waals surface area contributed by atoms with Crippen molar-refractivity contribution in [1.82, 2.24) is 14.9 Å². The van der Waals surface area contributed by atoms with Crippen LogP contribution in [-0.4, -0.2) is 50.4 Å². The van der Waals surface area contributed by atoms with Gasteiger partial charge in [0.1, 0.15) is 18.1 Å². The number of para-hydroxylation sites is 2. The summed E-state index contributed by atoms with van der Waals surface area (Å²) < 4.78 is 59.7. The van der Waals surface area contributed by atoms with Crippen molar-refractivity contribution in [2.75, 3.05) is 19.9 Å². The van der Waals surface area contributed by atoms with Gasteiger partial charge in [-0.3, -0.25) is 4.79 Å². The Kier molecular flexibility index (Phi) is 7.29. The van der Waals surface area contributed by atoms with Crippen molar-refractivity contribution in [3.05, 3.63) is 53.9 Å². The van der Waals surface area contributed by atoms with E-state index in [0.717, 1.165) is 6.26 Å². The number of methoxy groups -OCH3 is 1. The van der Waals surface area contributed by atoms with Gasteiger partial charge in [0.05, 0.1) is 18.1 Å². The van der Waals surface area contributed by atoms with Crippen molar-refractivity contribution in [3.63, 3.8) is 0 Å². The first-order chi connectivity index (χ1) is 15.2. The monoisotopic (exact) mass is 467 g/mol. The summed E-state index contributed by atoms with van der Waals surface area (Å²) in [4.78, 5) is 16.9. The van der Waals surface area contributed by atoms with Gasteiger partial charge < -0.3 is 19.4 Å². The Morgan fingerprint density at radius 1 is 1.19 bits per heavy atom. The molecule has 11 heteroatoms. The summed E-state index contributed by atoms with van der Waals surface area (Å²) >= 11 is 0. The van der Waals surface area contributed by atoms with Crippen molar-refractivity contribution in [2.24, 2.45) is 0 Å². The maximum atomic E-state index is 12.6. The van der Waals surface area contributed by atoms with Gasteiger partial charge in [-0.1, -0.05) is 18.2 Å². The predicted octanol–water partition coefficient (Wildman–Crippen LogP) is 2.55. The molecule has 2 aromatic carbocycles. The first-order valence-corrected chi connectivity index (χ1v) is 11.7. The molecular weight excluding hydrogens is 444 g/mol. The molecular formula is C21H23F2N3O5S. The SMILES string of the molecule is COc1ccc(CCNC(=O)Cn2c(CS(C)(=O)=O)nc3ccccc32)cc1OC(F)F. The molecule has 0 bridgehead atoms. The fourth-order valence-corrected chi connectivity index (χ4v) is 3.95. The van der Waals surface area contributed by atoms with Crippen LogP contribution in [0.25, 0.3) is 11.0 Å². The third-order valence-corrected chi connectivity index (χ3v) is 5.39. The number of benzene rings is 2. The van der Waals surface area contributed by atoms with Gasteiger partial charge in [0.25, 0.3) is 0 Å². The van der Waals surface area contributed by atoms with Crippen LogP contribution in [0.3, 0.4) is 0 Å². The number of alkyl halides is 2. The average Bonchev–Trinajstić information content (AvgIpc) is 3.03. The highest BCUT2D eigenvalue weighted by atomic mass is 32.2. The number of halogens is 2. The Labute approximate surface area is 184 Å². The van der Waals surface area contributed by atoms with Crippen molar-refractivity contribution in [3.8, 4) is 11.5 Å². The molecule has 0 aliphatic rings. The zero-order chi connectivity index (χ0) is 23.3. The Morgan fingerprint density at radius 3 is 2.62 bits per heavy atom. The van der Waals surface area contributed by atoms with Crippen LogP contribution in [0.1, 0.15) is 11.4 Å². The first-order valence-electron chi connectivity index (χ1n) is 9.66. The van der Waals surface area contributed by atoms with Crippen molar-refractivity contribution >= 4 is 26.8 Å². The summed E-state index contributed by atoms with van der Waals surface area (Å²) in [6.07, 6.45) is 1.48. The molecule has 0 saturated carbocycles. The Morgan fingerprint density at radius 2 is 1.94 bits per heavy atom. The van der Waals surface area contributed by atoms with E-state index in [0.29, 0.717) is 23.0 Å². The summed E-state index contributed by atoms with van der Waals surface area (Å²) in [7, 11) is -1.99. The van der Waals surface area contributed by atoms with E-state index in [1.807, 2.05) is 0 Å². The second-order valence-corrected chi connectivity index (χ2v) is 9.28. The van der Waals surface area contributed by atoms with Crippen LogP contribution < -0.4 is 14.8 Å². The second-order valence-electron chi connectivity index (χ2n) is 7.14. The number of nitrogens with one attached hydrogen (secondary N) is 1. The molecule has 0 spiro atoms. The molecule has 1 heterocycles. The fourth-order valence-electron chi connectivity index (χ4n) is 3.26.